The van der Waals surface area contributed by atoms with Crippen LogP contribution in [0.4, 0.5) is 0 Å². The molecule has 132 valence electrons. The van der Waals surface area contributed by atoms with Gasteiger partial charge in [0, 0.05) is 20.0 Å². The second-order valence-corrected chi connectivity index (χ2v) is 6.38. The molecule has 0 aliphatic carbocycles. The molecule has 0 spiro atoms. The van der Waals surface area contributed by atoms with E-state index in [2.05, 4.69) is 15.5 Å². The molecule has 0 bridgehead atoms. The highest BCUT2D eigenvalue weighted by molar-refractivity contribution is 5.88. The topological polar surface area (TPSA) is 61.4 Å². The molecule has 2 amide bonds. The summed E-state index contributed by atoms with van der Waals surface area (Å²) in [6, 6.07) is 8.73. The van der Waals surface area contributed by atoms with Crippen LogP contribution < -0.4 is 10.6 Å². The Morgan fingerprint density at radius 3 is 2.29 bits per heavy atom. The fourth-order valence-electron chi connectivity index (χ4n) is 3.12. The van der Waals surface area contributed by atoms with E-state index in [0.717, 1.165) is 25.2 Å². The minimum absolute atomic E-state index is 0.0745. The molecular weight excluding hydrogens is 302 g/mol. The van der Waals surface area contributed by atoms with E-state index < -0.39 is 6.04 Å². The number of carbonyl (C=O) groups excluding carboxylic acids is 2. The van der Waals surface area contributed by atoms with Crippen molar-refractivity contribution in [3.8, 4) is 0 Å². The van der Waals surface area contributed by atoms with E-state index in [9.17, 15) is 9.59 Å². The van der Waals surface area contributed by atoms with E-state index >= 15 is 0 Å². The van der Waals surface area contributed by atoms with Crippen molar-refractivity contribution >= 4 is 11.8 Å². The third-order valence-electron chi connectivity index (χ3n) is 4.55. The Hall–Kier alpha value is -1.88. The van der Waals surface area contributed by atoms with Gasteiger partial charge in [-0.2, -0.15) is 0 Å². The number of benzene rings is 1. The second kappa shape index (κ2) is 10.1. The minimum atomic E-state index is -0.629. The highest BCUT2D eigenvalue weighted by Crippen LogP contribution is 2.14. The quantitative estimate of drug-likeness (QED) is 0.840. The highest BCUT2D eigenvalue weighted by atomic mass is 16.2. The predicted molar refractivity (Wildman–Crippen MR) is 95.5 cm³/mol. The molecule has 1 aromatic carbocycles. The molecule has 2 rings (SSSR count). The summed E-state index contributed by atoms with van der Waals surface area (Å²) >= 11 is 0. The van der Waals surface area contributed by atoms with Crippen molar-refractivity contribution in [2.24, 2.45) is 0 Å². The average Bonchev–Trinajstić information content (AvgIpc) is 2.59. The first-order chi connectivity index (χ1) is 11.7. The Morgan fingerprint density at radius 1 is 1.04 bits per heavy atom. The summed E-state index contributed by atoms with van der Waals surface area (Å²) in [5.41, 5.74) is 0.802. The molecular formula is C19H29N3O2. The molecule has 1 aliphatic heterocycles. The maximum Gasteiger partial charge on any atom is 0.246 e. The Kier molecular flexibility index (Phi) is 7.75. The lowest BCUT2D eigenvalue weighted by atomic mass is 10.1. The lowest BCUT2D eigenvalue weighted by Gasteiger charge is -2.24. The zero-order valence-electron chi connectivity index (χ0n) is 14.6. The monoisotopic (exact) mass is 331 g/mol. The van der Waals surface area contributed by atoms with Gasteiger partial charge in [0.25, 0.3) is 0 Å². The van der Waals surface area contributed by atoms with Crippen molar-refractivity contribution in [1.82, 2.24) is 15.5 Å². The molecule has 0 radical (unpaired) electrons. The van der Waals surface area contributed by atoms with Gasteiger partial charge in [-0.1, -0.05) is 49.6 Å². The van der Waals surface area contributed by atoms with Crippen molar-refractivity contribution < 1.29 is 9.59 Å². The van der Waals surface area contributed by atoms with Crippen LogP contribution in [0.2, 0.25) is 0 Å². The van der Waals surface area contributed by atoms with Crippen LogP contribution in [0.1, 0.15) is 50.1 Å². The van der Waals surface area contributed by atoms with E-state index in [1.54, 1.807) is 7.05 Å². The zero-order chi connectivity index (χ0) is 17.2. The number of likely N-dealkylation sites (N-methyl/N-ethyl adjacent to an activating group) is 1. The second-order valence-electron chi connectivity index (χ2n) is 6.38. The molecule has 1 aliphatic rings. The van der Waals surface area contributed by atoms with Crippen LogP contribution in [0.15, 0.2) is 30.3 Å². The SMILES string of the molecule is CNC(=O)[C@H](NC(=O)CCN1CCCCCCC1)c1ccccc1. The standard InChI is InChI=1S/C19H29N3O2/c1-20-19(24)18(16-10-6-5-7-11-16)21-17(23)12-15-22-13-8-3-2-4-9-14-22/h5-7,10-11,18H,2-4,8-9,12-15H2,1H3,(H,20,24)(H,21,23)/t18-/m1/s1. The predicted octanol–water partition coefficient (Wildman–Crippen LogP) is 2.25. The minimum Gasteiger partial charge on any atom is -0.357 e. The highest BCUT2D eigenvalue weighted by Gasteiger charge is 2.21. The first kappa shape index (κ1) is 18.5. The molecule has 1 aromatic rings. The number of nitrogens with one attached hydrogen (secondary N) is 2. The molecule has 2 N–H and O–H groups in total. The maximum absolute atomic E-state index is 12.3. The van der Waals surface area contributed by atoms with Crippen LogP contribution in [-0.2, 0) is 9.59 Å². The van der Waals surface area contributed by atoms with E-state index in [1.807, 2.05) is 30.3 Å². The number of likely N-dealkylation sites (tertiary alicyclic amines) is 1. The van der Waals surface area contributed by atoms with Crippen molar-refractivity contribution in [1.29, 1.82) is 0 Å². The van der Waals surface area contributed by atoms with Crippen LogP contribution >= 0.6 is 0 Å². The Morgan fingerprint density at radius 2 is 1.67 bits per heavy atom. The van der Waals surface area contributed by atoms with E-state index in [4.69, 9.17) is 0 Å². The van der Waals surface area contributed by atoms with Gasteiger partial charge in [0.2, 0.25) is 11.8 Å². The zero-order valence-corrected chi connectivity index (χ0v) is 14.6. The summed E-state index contributed by atoms with van der Waals surface area (Å²) in [4.78, 5) is 26.8. The molecule has 5 nitrogen and oxygen atoms in total. The summed E-state index contributed by atoms with van der Waals surface area (Å²) < 4.78 is 0. The van der Waals surface area contributed by atoms with E-state index in [1.165, 1.54) is 32.1 Å². The molecule has 0 aromatic heterocycles. The van der Waals surface area contributed by atoms with Gasteiger partial charge >= 0.3 is 0 Å². The molecule has 1 saturated heterocycles. The van der Waals surface area contributed by atoms with Gasteiger partial charge in [0.05, 0.1) is 0 Å². The van der Waals surface area contributed by atoms with Gasteiger partial charge in [0.15, 0.2) is 0 Å². The van der Waals surface area contributed by atoms with Gasteiger partial charge in [-0.3, -0.25) is 9.59 Å². The number of carbonyl (C=O) groups is 2. The number of hydrogen-bond donors (Lipinski definition) is 2. The number of nitrogens with zero attached hydrogens (tertiary/aromatic N) is 1. The van der Waals surface area contributed by atoms with Crippen molar-refractivity contribution in [3.05, 3.63) is 35.9 Å². The molecule has 1 atom stereocenters. The summed E-state index contributed by atoms with van der Waals surface area (Å²) in [5, 5.41) is 5.50. The Labute approximate surface area is 144 Å². The van der Waals surface area contributed by atoms with Crippen molar-refractivity contribution in [2.45, 2.75) is 44.6 Å². The van der Waals surface area contributed by atoms with Crippen LogP contribution in [0.25, 0.3) is 0 Å². The number of amides is 2. The normalized spacial score (nSPS) is 17.4. The Bertz CT molecular complexity index is 511. The number of rotatable bonds is 6. The Balaban J connectivity index is 1.87. The van der Waals surface area contributed by atoms with Crippen LogP contribution in [0.3, 0.4) is 0 Å². The third kappa shape index (κ3) is 5.96. The fourth-order valence-corrected chi connectivity index (χ4v) is 3.12. The molecule has 24 heavy (non-hydrogen) atoms. The molecule has 1 fully saturated rings. The van der Waals surface area contributed by atoms with Gasteiger partial charge < -0.3 is 15.5 Å². The molecule has 5 heteroatoms. The smallest absolute Gasteiger partial charge is 0.246 e. The van der Waals surface area contributed by atoms with E-state index in [-0.39, 0.29) is 11.8 Å². The number of hydrogen-bond acceptors (Lipinski definition) is 3. The van der Waals surface area contributed by atoms with Crippen LogP contribution in [0, 0.1) is 0 Å². The lowest BCUT2D eigenvalue weighted by molar-refractivity contribution is -0.129. The van der Waals surface area contributed by atoms with Crippen molar-refractivity contribution in [2.75, 3.05) is 26.7 Å². The summed E-state index contributed by atoms with van der Waals surface area (Å²) in [7, 11) is 1.59. The first-order valence-corrected chi connectivity index (χ1v) is 8.99. The third-order valence-corrected chi connectivity index (χ3v) is 4.55. The molecule has 1 heterocycles. The first-order valence-electron chi connectivity index (χ1n) is 8.99. The fraction of sp³-hybridized carbons (Fsp3) is 0.579. The van der Waals surface area contributed by atoms with Gasteiger partial charge in [-0.05, 0) is 31.5 Å². The van der Waals surface area contributed by atoms with Gasteiger partial charge in [0.1, 0.15) is 6.04 Å². The summed E-state index contributed by atoms with van der Waals surface area (Å²) in [6.45, 7) is 2.91. The van der Waals surface area contributed by atoms with Crippen LogP contribution in [-0.4, -0.2) is 43.4 Å². The lowest BCUT2D eigenvalue weighted by Crippen LogP contribution is -2.40. The average molecular weight is 331 g/mol. The summed E-state index contributed by atoms with van der Waals surface area (Å²) in [6.07, 6.45) is 6.77. The van der Waals surface area contributed by atoms with E-state index in [0.29, 0.717) is 6.42 Å². The molecule has 0 unspecified atom stereocenters. The largest absolute Gasteiger partial charge is 0.357 e. The van der Waals surface area contributed by atoms with Gasteiger partial charge in [-0.25, -0.2) is 0 Å². The maximum atomic E-state index is 12.3. The molecule has 0 saturated carbocycles. The summed E-state index contributed by atoms with van der Waals surface area (Å²) in [5.74, 6) is -0.268. The van der Waals surface area contributed by atoms with Crippen molar-refractivity contribution in [3.63, 3.8) is 0 Å². The van der Waals surface area contributed by atoms with Crippen LogP contribution in [0.5, 0.6) is 0 Å². The van der Waals surface area contributed by atoms with Gasteiger partial charge in [-0.15, -0.1) is 0 Å².